The molecule has 1 unspecified atom stereocenters. The number of rotatable bonds is 3. The molecule has 6 heteroatoms. The summed E-state index contributed by atoms with van der Waals surface area (Å²) in [6.45, 7) is 1.02. The number of morpholine rings is 1. The van der Waals surface area contributed by atoms with Gasteiger partial charge in [0.25, 0.3) is 0 Å². The van der Waals surface area contributed by atoms with Gasteiger partial charge in [0.2, 0.25) is 5.91 Å². The summed E-state index contributed by atoms with van der Waals surface area (Å²) in [4.78, 5) is 13.0. The van der Waals surface area contributed by atoms with E-state index < -0.39 is 17.7 Å². The van der Waals surface area contributed by atoms with E-state index >= 15 is 0 Å². The Morgan fingerprint density at radius 1 is 1.44 bits per heavy atom. The summed E-state index contributed by atoms with van der Waals surface area (Å²) in [6.07, 6.45) is 0. The molecule has 98 valence electrons. The van der Waals surface area contributed by atoms with E-state index in [4.69, 9.17) is 10.5 Å². The van der Waals surface area contributed by atoms with E-state index in [2.05, 4.69) is 0 Å². The largest absolute Gasteiger partial charge is 0.370 e. The Kier molecular flexibility index (Phi) is 3.88. The fourth-order valence-corrected chi connectivity index (χ4v) is 1.89. The van der Waals surface area contributed by atoms with Gasteiger partial charge in [0.15, 0.2) is 11.6 Å². The minimum atomic E-state index is -0.953. The third-order valence-electron chi connectivity index (χ3n) is 2.88. The van der Waals surface area contributed by atoms with Gasteiger partial charge in [-0.25, -0.2) is 8.78 Å². The predicted octanol–water partition coefficient (Wildman–Crippen LogP) is 0.823. The lowest BCUT2D eigenvalue weighted by Crippen LogP contribution is -2.45. The number of ether oxygens (including phenoxy) is 1. The van der Waals surface area contributed by atoms with E-state index in [-0.39, 0.29) is 24.6 Å². The van der Waals surface area contributed by atoms with E-state index in [0.29, 0.717) is 13.2 Å². The number of hydrogen-bond donors (Lipinski definition) is 1. The molecule has 1 aromatic carbocycles. The second-order valence-electron chi connectivity index (χ2n) is 4.14. The highest BCUT2D eigenvalue weighted by Gasteiger charge is 2.23. The van der Waals surface area contributed by atoms with Crippen molar-refractivity contribution in [3.8, 4) is 0 Å². The molecule has 2 rings (SSSR count). The van der Waals surface area contributed by atoms with Crippen molar-refractivity contribution in [3.63, 3.8) is 0 Å². The summed E-state index contributed by atoms with van der Waals surface area (Å²) in [5, 5.41) is 0. The Morgan fingerprint density at radius 2 is 2.22 bits per heavy atom. The molecule has 1 aromatic rings. The molecule has 1 atom stereocenters. The zero-order valence-corrected chi connectivity index (χ0v) is 9.73. The van der Waals surface area contributed by atoms with E-state index in [9.17, 15) is 13.6 Å². The second kappa shape index (κ2) is 5.41. The summed E-state index contributed by atoms with van der Waals surface area (Å²) in [6, 6.07) is 3.11. The number of carbonyl (C=O) groups is 1. The molecule has 1 aliphatic heterocycles. The van der Waals surface area contributed by atoms with Crippen molar-refractivity contribution < 1.29 is 18.3 Å². The van der Waals surface area contributed by atoms with Crippen LogP contribution in [0, 0.1) is 11.6 Å². The Morgan fingerprint density at radius 3 is 2.94 bits per heavy atom. The smallest absolute Gasteiger partial charge is 0.248 e. The average Bonchev–Trinajstić information content (AvgIpc) is 2.35. The molecule has 1 fully saturated rings. The first kappa shape index (κ1) is 12.9. The van der Waals surface area contributed by atoms with E-state index in [1.54, 1.807) is 0 Å². The number of nitrogens with two attached hydrogens (primary N) is 1. The van der Waals surface area contributed by atoms with Crippen molar-refractivity contribution in [2.24, 2.45) is 5.73 Å². The van der Waals surface area contributed by atoms with Gasteiger partial charge in [-0.1, -0.05) is 12.1 Å². The van der Waals surface area contributed by atoms with Crippen LogP contribution in [0.4, 0.5) is 8.78 Å². The summed E-state index contributed by atoms with van der Waals surface area (Å²) in [5.41, 5.74) is 5.89. The zero-order chi connectivity index (χ0) is 13.1. The molecular weight excluding hydrogens is 242 g/mol. The summed E-state index contributed by atoms with van der Waals surface area (Å²) >= 11 is 0. The molecule has 0 spiro atoms. The predicted molar refractivity (Wildman–Crippen MR) is 60.7 cm³/mol. The van der Waals surface area contributed by atoms with Gasteiger partial charge in [0.1, 0.15) is 6.61 Å². The third-order valence-corrected chi connectivity index (χ3v) is 2.88. The van der Waals surface area contributed by atoms with Crippen LogP contribution in [0.2, 0.25) is 0 Å². The van der Waals surface area contributed by atoms with Crippen LogP contribution >= 0.6 is 0 Å². The van der Waals surface area contributed by atoms with Crippen LogP contribution in [-0.4, -0.2) is 37.1 Å². The molecule has 0 aromatic heterocycles. The quantitative estimate of drug-likeness (QED) is 0.871. The van der Waals surface area contributed by atoms with Crippen LogP contribution < -0.4 is 5.73 Å². The molecule has 0 aliphatic carbocycles. The van der Waals surface area contributed by atoms with Crippen LogP contribution in [0.1, 0.15) is 11.6 Å². The van der Waals surface area contributed by atoms with Gasteiger partial charge in [-0.05, 0) is 6.07 Å². The maximum atomic E-state index is 13.5. The van der Waals surface area contributed by atoms with E-state index in [1.807, 2.05) is 0 Å². The highest BCUT2D eigenvalue weighted by Crippen LogP contribution is 2.19. The van der Waals surface area contributed by atoms with Crippen LogP contribution in [0.25, 0.3) is 0 Å². The standard InChI is InChI=1S/C12H14F2N2O2/c13-9-3-1-2-8(12(9)14)10(15)6-16-4-5-18-7-11(16)17/h1-3,10H,4-7,15H2. The Hall–Kier alpha value is -1.53. The normalized spacial score (nSPS) is 17.9. The summed E-state index contributed by atoms with van der Waals surface area (Å²) in [7, 11) is 0. The number of halogens is 2. The molecule has 1 heterocycles. The molecule has 0 bridgehead atoms. The summed E-state index contributed by atoms with van der Waals surface area (Å²) in [5.74, 6) is -2.07. The Bertz CT molecular complexity index is 454. The lowest BCUT2D eigenvalue weighted by atomic mass is 10.1. The number of carbonyl (C=O) groups excluding carboxylic acids is 1. The molecule has 2 N–H and O–H groups in total. The van der Waals surface area contributed by atoms with Crippen LogP contribution in [0.5, 0.6) is 0 Å². The molecule has 1 amide bonds. The monoisotopic (exact) mass is 256 g/mol. The number of hydrogen-bond acceptors (Lipinski definition) is 3. The van der Waals surface area contributed by atoms with Crippen molar-refractivity contribution in [1.82, 2.24) is 4.90 Å². The highest BCUT2D eigenvalue weighted by molar-refractivity contribution is 5.78. The lowest BCUT2D eigenvalue weighted by Gasteiger charge is -2.29. The molecule has 0 radical (unpaired) electrons. The second-order valence-corrected chi connectivity index (χ2v) is 4.14. The number of benzene rings is 1. The van der Waals surface area contributed by atoms with Gasteiger partial charge in [-0.3, -0.25) is 4.79 Å². The van der Waals surface area contributed by atoms with Gasteiger partial charge < -0.3 is 15.4 Å². The average molecular weight is 256 g/mol. The van der Waals surface area contributed by atoms with Crippen LogP contribution in [0.3, 0.4) is 0 Å². The van der Waals surface area contributed by atoms with Crippen molar-refractivity contribution in [2.45, 2.75) is 6.04 Å². The fourth-order valence-electron chi connectivity index (χ4n) is 1.89. The third kappa shape index (κ3) is 2.65. The SMILES string of the molecule is NC(CN1CCOCC1=O)c1cccc(F)c1F. The van der Waals surface area contributed by atoms with Gasteiger partial charge in [0, 0.05) is 18.7 Å². The molecule has 1 aliphatic rings. The maximum Gasteiger partial charge on any atom is 0.248 e. The number of nitrogens with zero attached hydrogens (tertiary/aromatic N) is 1. The molecular formula is C12H14F2N2O2. The lowest BCUT2D eigenvalue weighted by molar-refractivity contribution is -0.142. The molecule has 1 saturated heterocycles. The van der Waals surface area contributed by atoms with E-state index in [0.717, 1.165) is 6.07 Å². The molecule has 4 nitrogen and oxygen atoms in total. The molecule has 0 saturated carbocycles. The minimum Gasteiger partial charge on any atom is -0.370 e. The van der Waals surface area contributed by atoms with Crippen molar-refractivity contribution >= 4 is 5.91 Å². The first-order valence-electron chi connectivity index (χ1n) is 5.64. The highest BCUT2D eigenvalue weighted by atomic mass is 19.2. The summed E-state index contributed by atoms with van der Waals surface area (Å²) < 4.78 is 31.6. The molecule has 18 heavy (non-hydrogen) atoms. The van der Waals surface area contributed by atoms with Gasteiger partial charge in [-0.15, -0.1) is 0 Å². The fraction of sp³-hybridized carbons (Fsp3) is 0.417. The van der Waals surface area contributed by atoms with Crippen molar-refractivity contribution in [2.75, 3.05) is 26.3 Å². The maximum absolute atomic E-state index is 13.5. The Labute approximate surface area is 103 Å². The zero-order valence-electron chi connectivity index (χ0n) is 9.73. The minimum absolute atomic E-state index is 0.0123. The van der Waals surface area contributed by atoms with Crippen LogP contribution in [0.15, 0.2) is 18.2 Å². The first-order valence-corrected chi connectivity index (χ1v) is 5.64. The Balaban J connectivity index is 2.09. The first-order chi connectivity index (χ1) is 8.59. The number of amides is 1. The van der Waals surface area contributed by atoms with Crippen LogP contribution in [-0.2, 0) is 9.53 Å². The van der Waals surface area contributed by atoms with E-state index in [1.165, 1.54) is 17.0 Å². The van der Waals surface area contributed by atoms with Crippen molar-refractivity contribution in [1.29, 1.82) is 0 Å². The topological polar surface area (TPSA) is 55.6 Å². The van der Waals surface area contributed by atoms with Gasteiger partial charge >= 0.3 is 0 Å². The van der Waals surface area contributed by atoms with Crippen molar-refractivity contribution in [3.05, 3.63) is 35.4 Å². The van der Waals surface area contributed by atoms with Gasteiger partial charge in [0.05, 0.1) is 12.6 Å². The van der Waals surface area contributed by atoms with Gasteiger partial charge in [-0.2, -0.15) is 0 Å².